The van der Waals surface area contributed by atoms with Gasteiger partial charge in [-0.2, -0.15) is 0 Å². The minimum atomic E-state index is -0.209. The van der Waals surface area contributed by atoms with Gasteiger partial charge in [0.2, 0.25) is 0 Å². The molecule has 1 heterocycles. The molecule has 1 atom stereocenters. The van der Waals surface area contributed by atoms with E-state index < -0.39 is 0 Å². The van der Waals surface area contributed by atoms with Crippen molar-refractivity contribution in [3.8, 4) is 11.5 Å². The zero-order chi connectivity index (χ0) is 24.5. The second kappa shape index (κ2) is 7.58. The fourth-order valence-corrected chi connectivity index (χ4v) is 7.03. The highest BCUT2D eigenvalue weighted by molar-refractivity contribution is 6.00. The van der Waals surface area contributed by atoms with Crippen LogP contribution in [0, 0.1) is 0 Å². The van der Waals surface area contributed by atoms with Crippen molar-refractivity contribution < 1.29 is 4.74 Å². The Morgan fingerprint density at radius 2 is 1.31 bits per heavy atom. The molecule has 4 aromatic rings. The van der Waals surface area contributed by atoms with Gasteiger partial charge >= 0.3 is 0 Å². The van der Waals surface area contributed by atoms with Gasteiger partial charge in [-0.25, -0.2) is 0 Å². The van der Waals surface area contributed by atoms with Gasteiger partial charge in [0.05, 0.1) is 0 Å². The third kappa shape index (κ3) is 2.77. The maximum Gasteiger partial charge on any atom is 0.132 e. The number of benzene rings is 4. The summed E-state index contributed by atoms with van der Waals surface area (Å²) in [6.45, 7) is 7.11. The second-order valence-electron chi connectivity index (χ2n) is 10.9. The first-order chi connectivity index (χ1) is 17.5. The fraction of sp³-hybridized carbons (Fsp3) is 0.200. The number of fused-ring (bicyclic) bond motifs is 4. The van der Waals surface area contributed by atoms with E-state index in [2.05, 4.69) is 124 Å². The minimum Gasteiger partial charge on any atom is -0.457 e. The molecule has 0 saturated carbocycles. The van der Waals surface area contributed by atoms with Crippen molar-refractivity contribution >= 4 is 11.1 Å². The molecule has 176 valence electrons. The first kappa shape index (κ1) is 21.4. The standard InChI is InChI=1S/C35H30O/c1-34(2)29-20-9-10-21-30(29)36-31-22-12-18-27(33(31)34)26-17-11-16-25-24-15-7-8-19-28(24)35(3,32(25)26)23-13-5-4-6-14-23/h4-10,12-15,17-22H,11,16H2,1-3H3. The van der Waals surface area contributed by atoms with Gasteiger partial charge in [-0.15, -0.1) is 0 Å². The van der Waals surface area contributed by atoms with Crippen LogP contribution in [0.4, 0.5) is 0 Å². The summed E-state index contributed by atoms with van der Waals surface area (Å²) in [4.78, 5) is 0. The van der Waals surface area contributed by atoms with E-state index in [0.717, 1.165) is 24.3 Å². The highest BCUT2D eigenvalue weighted by Crippen LogP contribution is 2.59. The van der Waals surface area contributed by atoms with Crippen LogP contribution < -0.4 is 4.74 Å². The Morgan fingerprint density at radius 1 is 0.639 bits per heavy atom. The van der Waals surface area contributed by atoms with Crippen molar-refractivity contribution in [2.24, 2.45) is 0 Å². The van der Waals surface area contributed by atoms with Crippen molar-refractivity contribution in [2.45, 2.75) is 44.4 Å². The zero-order valence-corrected chi connectivity index (χ0v) is 21.1. The molecule has 3 aliphatic rings. The quantitative estimate of drug-likeness (QED) is 0.286. The van der Waals surface area contributed by atoms with E-state index >= 15 is 0 Å². The third-order valence-electron chi connectivity index (χ3n) is 8.68. The van der Waals surface area contributed by atoms with E-state index in [9.17, 15) is 0 Å². The van der Waals surface area contributed by atoms with E-state index in [-0.39, 0.29) is 10.8 Å². The lowest BCUT2D eigenvalue weighted by Gasteiger charge is -2.39. The van der Waals surface area contributed by atoms with Crippen LogP contribution in [0.5, 0.6) is 11.5 Å². The van der Waals surface area contributed by atoms with E-state index in [1.807, 2.05) is 0 Å². The molecule has 0 N–H and O–H groups in total. The summed E-state index contributed by atoms with van der Waals surface area (Å²) >= 11 is 0. The van der Waals surface area contributed by atoms with Gasteiger partial charge in [-0.3, -0.25) is 0 Å². The minimum absolute atomic E-state index is 0.172. The molecule has 2 aliphatic carbocycles. The maximum atomic E-state index is 6.51. The van der Waals surface area contributed by atoms with Crippen molar-refractivity contribution in [1.29, 1.82) is 0 Å². The van der Waals surface area contributed by atoms with Crippen LogP contribution in [-0.2, 0) is 10.8 Å². The first-order valence-electron chi connectivity index (χ1n) is 13.0. The molecule has 0 spiro atoms. The third-order valence-corrected chi connectivity index (χ3v) is 8.68. The summed E-state index contributed by atoms with van der Waals surface area (Å²) in [5.41, 5.74) is 12.0. The summed E-state index contributed by atoms with van der Waals surface area (Å²) < 4.78 is 6.51. The van der Waals surface area contributed by atoms with Gasteiger partial charge < -0.3 is 4.74 Å². The monoisotopic (exact) mass is 466 g/mol. The molecule has 36 heavy (non-hydrogen) atoms. The Balaban J connectivity index is 1.49. The average Bonchev–Trinajstić information content (AvgIpc) is 3.19. The van der Waals surface area contributed by atoms with Crippen molar-refractivity contribution in [3.63, 3.8) is 0 Å². The lowest BCUT2D eigenvalue weighted by Crippen LogP contribution is -2.28. The molecule has 1 heteroatoms. The lowest BCUT2D eigenvalue weighted by molar-refractivity contribution is 0.417. The normalized spacial score (nSPS) is 21.0. The number of allylic oxidation sites excluding steroid dienone is 4. The molecule has 1 nitrogen and oxygen atoms in total. The number of hydrogen-bond donors (Lipinski definition) is 0. The fourth-order valence-electron chi connectivity index (χ4n) is 7.03. The summed E-state index contributed by atoms with van der Waals surface area (Å²) in [7, 11) is 0. The van der Waals surface area contributed by atoms with Crippen LogP contribution >= 0.6 is 0 Å². The molecule has 7 rings (SSSR count). The average molecular weight is 467 g/mol. The molecule has 1 aliphatic heterocycles. The molecule has 0 saturated heterocycles. The SMILES string of the molecule is CC1(C)c2ccccc2Oc2cccc(C3=CCCC4=C3C(C)(c3ccccc3)c3ccccc34)c21. The van der Waals surface area contributed by atoms with Crippen LogP contribution in [0.1, 0.15) is 67.0 Å². The largest absolute Gasteiger partial charge is 0.457 e. The van der Waals surface area contributed by atoms with Crippen LogP contribution in [0.25, 0.3) is 11.1 Å². The Kier molecular flexibility index (Phi) is 4.51. The van der Waals surface area contributed by atoms with Crippen molar-refractivity contribution in [2.75, 3.05) is 0 Å². The van der Waals surface area contributed by atoms with Gasteiger partial charge in [-0.1, -0.05) is 105 Å². The van der Waals surface area contributed by atoms with E-state index in [0.29, 0.717) is 0 Å². The molecular formula is C35H30O. The summed E-state index contributed by atoms with van der Waals surface area (Å²) in [6.07, 6.45) is 4.61. The molecule has 0 radical (unpaired) electrons. The molecule has 0 aromatic heterocycles. The summed E-state index contributed by atoms with van der Waals surface area (Å²) in [5, 5.41) is 0. The van der Waals surface area contributed by atoms with Gasteiger partial charge in [0.25, 0.3) is 0 Å². The van der Waals surface area contributed by atoms with E-state index in [1.165, 1.54) is 50.1 Å². The molecule has 0 fully saturated rings. The highest BCUT2D eigenvalue weighted by atomic mass is 16.5. The first-order valence-corrected chi connectivity index (χ1v) is 13.0. The molecule has 0 amide bonds. The molecule has 1 unspecified atom stereocenters. The number of rotatable bonds is 2. The Labute approximate surface area is 213 Å². The van der Waals surface area contributed by atoms with Gasteiger partial charge in [0, 0.05) is 22.0 Å². The summed E-state index contributed by atoms with van der Waals surface area (Å²) in [5.74, 6) is 1.94. The van der Waals surface area contributed by atoms with Crippen molar-refractivity contribution in [1.82, 2.24) is 0 Å². The van der Waals surface area contributed by atoms with Crippen molar-refractivity contribution in [3.05, 3.63) is 142 Å². The predicted octanol–water partition coefficient (Wildman–Crippen LogP) is 9.07. The second-order valence-corrected chi connectivity index (χ2v) is 10.9. The number of hydrogen-bond acceptors (Lipinski definition) is 1. The Bertz CT molecular complexity index is 1580. The molecule has 0 bridgehead atoms. The number of ether oxygens (including phenoxy) is 1. The van der Waals surface area contributed by atoms with E-state index in [1.54, 1.807) is 0 Å². The van der Waals surface area contributed by atoms with Crippen LogP contribution in [0.2, 0.25) is 0 Å². The lowest BCUT2D eigenvalue weighted by atomic mass is 9.66. The van der Waals surface area contributed by atoms with Gasteiger partial charge in [-0.05, 0) is 70.9 Å². The van der Waals surface area contributed by atoms with E-state index in [4.69, 9.17) is 4.74 Å². The highest BCUT2D eigenvalue weighted by Gasteiger charge is 2.46. The van der Waals surface area contributed by atoms with Gasteiger partial charge in [0.15, 0.2) is 0 Å². The molecule has 4 aromatic carbocycles. The van der Waals surface area contributed by atoms with Crippen LogP contribution in [0.3, 0.4) is 0 Å². The number of para-hydroxylation sites is 1. The molecular weight excluding hydrogens is 436 g/mol. The van der Waals surface area contributed by atoms with Gasteiger partial charge in [0.1, 0.15) is 11.5 Å². The zero-order valence-electron chi connectivity index (χ0n) is 21.1. The maximum absolute atomic E-state index is 6.51. The summed E-state index contributed by atoms with van der Waals surface area (Å²) in [6, 6.07) is 35.2. The predicted molar refractivity (Wildman–Crippen MR) is 149 cm³/mol. The Morgan fingerprint density at radius 3 is 2.14 bits per heavy atom. The smallest absolute Gasteiger partial charge is 0.132 e. The van der Waals surface area contributed by atoms with Crippen LogP contribution in [-0.4, -0.2) is 0 Å². The van der Waals surface area contributed by atoms with Crippen LogP contribution in [0.15, 0.2) is 109 Å². The Hall–Kier alpha value is -3.84. The topological polar surface area (TPSA) is 9.23 Å².